The quantitative estimate of drug-likeness (QED) is 0.281. The van der Waals surface area contributed by atoms with Crippen LogP contribution >= 0.6 is 23.2 Å². The van der Waals surface area contributed by atoms with Crippen LogP contribution in [-0.4, -0.2) is 28.3 Å². The van der Waals surface area contributed by atoms with Crippen molar-refractivity contribution < 1.29 is 9.59 Å². The summed E-state index contributed by atoms with van der Waals surface area (Å²) >= 11 is 12.4. The summed E-state index contributed by atoms with van der Waals surface area (Å²) in [5, 5.41) is 3.96. The van der Waals surface area contributed by atoms with Crippen molar-refractivity contribution >= 4 is 35.0 Å². The molecule has 3 aromatic carbocycles. The van der Waals surface area contributed by atoms with Gasteiger partial charge in [-0.05, 0) is 67.5 Å². The van der Waals surface area contributed by atoms with Crippen LogP contribution in [0.25, 0.3) is 0 Å². The van der Waals surface area contributed by atoms with Gasteiger partial charge in [-0.15, -0.1) is 0 Å². The highest BCUT2D eigenvalue weighted by Crippen LogP contribution is 2.25. The lowest BCUT2D eigenvalue weighted by atomic mass is 9.98. The van der Waals surface area contributed by atoms with Crippen LogP contribution in [0.1, 0.15) is 69.2 Å². The molecule has 38 heavy (non-hydrogen) atoms. The molecule has 202 valence electrons. The number of benzene rings is 3. The van der Waals surface area contributed by atoms with Gasteiger partial charge in [-0.3, -0.25) is 9.59 Å². The Hall–Kier alpha value is -2.82. The maximum absolute atomic E-state index is 13.8. The third-order valence-corrected chi connectivity index (χ3v) is 7.12. The van der Waals surface area contributed by atoms with E-state index in [4.69, 9.17) is 23.2 Å². The second-order valence-electron chi connectivity index (χ2n) is 11.1. The van der Waals surface area contributed by atoms with Crippen molar-refractivity contribution in [3.63, 3.8) is 0 Å². The number of rotatable bonds is 10. The summed E-state index contributed by atoms with van der Waals surface area (Å²) in [6.45, 7) is 10.4. The summed E-state index contributed by atoms with van der Waals surface area (Å²) in [6.07, 6.45) is 1.28. The summed E-state index contributed by atoms with van der Waals surface area (Å²) in [4.78, 5) is 29.2. The Morgan fingerprint density at radius 2 is 1.47 bits per heavy atom. The molecule has 0 heterocycles. The van der Waals surface area contributed by atoms with E-state index < -0.39 is 11.6 Å². The van der Waals surface area contributed by atoms with Gasteiger partial charge in [0.25, 0.3) is 0 Å². The SMILES string of the molecule is CC(C)c1ccc(CCC(=O)N(Cc2ccc(Cl)c(Cl)c2)[C@H](Cc2ccccc2)C(=O)NC(C)(C)C)cc1. The van der Waals surface area contributed by atoms with Gasteiger partial charge in [0.2, 0.25) is 11.8 Å². The van der Waals surface area contributed by atoms with Gasteiger partial charge in [0, 0.05) is 24.9 Å². The van der Waals surface area contributed by atoms with Crippen molar-refractivity contribution in [1.82, 2.24) is 10.2 Å². The Kier molecular flexibility index (Phi) is 10.4. The molecule has 0 radical (unpaired) electrons. The van der Waals surface area contributed by atoms with Gasteiger partial charge in [-0.1, -0.05) is 97.7 Å². The Bertz CT molecular complexity index is 1220. The number of aryl methyl sites for hydroxylation is 1. The van der Waals surface area contributed by atoms with E-state index in [1.165, 1.54) is 5.56 Å². The van der Waals surface area contributed by atoms with Gasteiger partial charge in [-0.25, -0.2) is 0 Å². The van der Waals surface area contributed by atoms with Crippen LogP contribution < -0.4 is 5.32 Å². The third kappa shape index (κ3) is 8.89. The van der Waals surface area contributed by atoms with Crippen molar-refractivity contribution in [3.05, 3.63) is 105 Å². The minimum Gasteiger partial charge on any atom is -0.350 e. The molecule has 3 aromatic rings. The molecule has 0 bridgehead atoms. The molecular formula is C32H38Cl2N2O2. The standard InChI is InChI=1S/C32H38Cl2N2O2/c1-22(2)26-15-11-23(12-16-26)14-18-30(37)36(21-25-13-17-27(33)28(34)19-25)29(31(38)35-32(3,4)5)20-24-9-7-6-8-10-24/h6-13,15-17,19,22,29H,14,18,20-21H2,1-5H3,(H,35,38)/t29-/m1/s1. The number of carbonyl (C=O) groups excluding carboxylic acids is 2. The van der Waals surface area contributed by atoms with Crippen molar-refractivity contribution in [2.24, 2.45) is 0 Å². The van der Waals surface area contributed by atoms with Crippen LogP contribution in [0.15, 0.2) is 72.8 Å². The molecule has 0 spiro atoms. The molecule has 0 fully saturated rings. The Morgan fingerprint density at radius 3 is 2.05 bits per heavy atom. The predicted octanol–water partition coefficient (Wildman–Crippen LogP) is 7.60. The number of hydrogen-bond acceptors (Lipinski definition) is 2. The topological polar surface area (TPSA) is 49.4 Å². The van der Waals surface area contributed by atoms with E-state index in [1.807, 2.05) is 57.2 Å². The predicted molar refractivity (Wildman–Crippen MR) is 158 cm³/mol. The molecule has 3 rings (SSSR count). The minimum absolute atomic E-state index is 0.0889. The fourth-order valence-corrected chi connectivity index (χ4v) is 4.63. The van der Waals surface area contributed by atoms with Gasteiger partial charge >= 0.3 is 0 Å². The monoisotopic (exact) mass is 552 g/mol. The summed E-state index contributed by atoms with van der Waals surface area (Å²) in [7, 11) is 0. The van der Waals surface area contributed by atoms with Crippen LogP contribution in [0, 0.1) is 0 Å². The highest BCUT2D eigenvalue weighted by Gasteiger charge is 2.32. The summed E-state index contributed by atoms with van der Waals surface area (Å²) in [6, 6.07) is 22.8. The first-order valence-corrected chi connectivity index (χ1v) is 13.9. The lowest BCUT2D eigenvalue weighted by molar-refractivity contribution is -0.141. The molecular weight excluding hydrogens is 515 g/mol. The van der Waals surface area contributed by atoms with Gasteiger partial charge < -0.3 is 10.2 Å². The molecule has 0 aliphatic carbocycles. The highest BCUT2D eigenvalue weighted by atomic mass is 35.5. The maximum Gasteiger partial charge on any atom is 0.243 e. The molecule has 0 aromatic heterocycles. The average molecular weight is 554 g/mol. The molecule has 0 aliphatic rings. The zero-order valence-electron chi connectivity index (χ0n) is 22.9. The molecule has 1 N–H and O–H groups in total. The Labute approximate surface area is 237 Å². The zero-order valence-corrected chi connectivity index (χ0v) is 24.4. The molecule has 0 saturated carbocycles. The number of halogens is 2. The van der Waals surface area contributed by atoms with Crippen molar-refractivity contribution in [1.29, 1.82) is 0 Å². The summed E-state index contributed by atoms with van der Waals surface area (Å²) in [5.41, 5.74) is 3.72. The lowest BCUT2D eigenvalue weighted by Gasteiger charge is -2.34. The fourth-order valence-electron chi connectivity index (χ4n) is 4.31. The van der Waals surface area contributed by atoms with Gasteiger partial charge in [0.1, 0.15) is 6.04 Å². The smallest absolute Gasteiger partial charge is 0.243 e. The van der Waals surface area contributed by atoms with Crippen LogP contribution in [-0.2, 0) is 29.0 Å². The number of nitrogens with zero attached hydrogens (tertiary/aromatic N) is 1. The van der Waals surface area contributed by atoms with Gasteiger partial charge in [0.15, 0.2) is 0 Å². The third-order valence-electron chi connectivity index (χ3n) is 6.38. The van der Waals surface area contributed by atoms with Crippen molar-refractivity contribution in [3.8, 4) is 0 Å². The first kappa shape index (κ1) is 29.7. The number of hydrogen-bond donors (Lipinski definition) is 1. The maximum atomic E-state index is 13.8. The second-order valence-corrected chi connectivity index (χ2v) is 11.9. The lowest BCUT2D eigenvalue weighted by Crippen LogP contribution is -2.54. The van der Waals surface area contributed by atoms with Gasteiger partial charge in [-0.2, -0.15) is 0 Å². The highest BCUT2D eigenvalue weighted by molar-refractivity contribution is 6.42. The van der Waals surface area contributed by atoms with Crippen LogP contribution in [0.4, 0.5) is 0 Å². The van der Waals surface area contributed by atoms with E-state index >= 15 is 0 Å². The normalized spacial score (nSPS) is 12.3. The zero-order chi connectivity index (χ0) is 27.9. The van der Waals surface area contributed by atoms with Crippen LogP contribution in [0.2, 0.25) is 10.0 Å². The van der Waals surface area contributed by atoms with E-state index in [0.717, 1.165) is 16.7 Å². The largest absolute Gasteiger partial charge is 0.350 e. The average Bonchev–Trinajstić information content (AvgIpc) is 2.86. The molecule has 4 nitrogen and oxygen atoms in total. The first-order valence-electron chi connectivity index (χ1n) is 13.1. The summed E-state index contributed by atoms with van der Waals surface area (Å²) in [5.74, 6) is 0.178. The molecule has 0 aliphatic heterocycles. The molecule has 1 atom stereocenters. The second kappa shape index (κ2) is 13.3. The first-order chi connectivity index (χ1) is 17.9. The summed E-state index contributed by atoms with van der Waals surface area (Å²) < 4.78 is 0. The van der Waals surface area contributed by atoms with E-state index in [1.54, 1.807) is 17.0 Å². The minimum atomic E-state index is -0.693. The van der Waals surface area contributed by atoms with Crippen LogP contribution in [0.3, 0.4) is 0 Å². The Morgan fingerprint density at radius 1 is 0.842 bits per heavy atom. The molecule has 6 heteroatoms. The van der Waals surface area contributed by atoms with E-state index in [-0.39, 0.29) is 24.8 Å². The number of amides is 2. The number of nitrogens with one attached hydrogen (secondary N) is 1. The van der Waals surface area contributed by atoms with Crippen molar-refractivity contribution in [2.75, 3.05) is 0 Å². The molecule has 0 saturated heterocycles. The van der Waals surface area contributed by atoms with E-state index in [2.05, 4.69) is 43.4 Å². The van der Waals surface area contributed by atoms with Gasteiger partial charge in [0.05, 0.1) is 10.0 Å². The van der Waals surface area contributed by atoms with E-state index in [9.17, 15) is 9.59 Å². The fraction of sp³-hybridized carbons (Fsp3) is 0.375. The molecule has 2 amide bonds. The molecule has 0 unspecified atom stereocenters. The van der Waals surface area contributed by atoms with E-state index in [0.29, 0.717) is 28.8 Å². The van der Waals surface area contributed by atoms with Crippen molar-refractivity contribution in [2.45, 2.75) is 77.9 Å². The van der Waals surface area contributed by atoms with Crippen LogP contribution in [0.5, 0.6) is 0 Å². The Balaban J connectivity index is 1.92. The number of carbonyl (C=O) groups is 2.